The second-order valence-corrected chi connectivity index (χ2v) is 0.750. The quantitative estimate of drug-likeness (QED) is 0.374. The summed E-state index contributed by atoms with van der Waals surface area (Å²) in [4.78, 5) is 25.0. The van der Waals surface area contributed by atoms with E-state index in [1.165, 1.54) is 0 Å². The van der Waals surface area contributed by atoms with Gasteiger partial charge in [-0.15, -0.1) is 0 Å². The van der Waals surface area contributed by atoms with E-state index in [9.17, 15) is 0 Å². The van der Waals surface area contributed by atoms with Gasteiger partial charge >= 0.3 is 72.3 Å². The smallest absolute Gasteiger partial charge is 0.693 e. The molecule has 4 N–H and O–H groups in total. The van der Waals surface area contributed by atoms with Gasteiger partial charge in [0.25, 0.3) is 0 Å². The molecule has 0 aliphatic heterocycles. The van der Waals surface area contributed by atoms with Gasteiger partial charge in [-0.2, -0.15) is 0 Å². The van der Waals surface area contributed by atoms with Gasteiger partial charge in [-0.25, -0.2) is 0 Å². The summed E-state index contributed by atoms with van der Waals surface area (Å²) < 4.78 is 0. The number of hydrogen-bond donors (Lipinski definition) is 0. The maximum Gasteiger partial charge on any atom is 4.00 e. The number of nitrogens with two attached hydrogens (primary N) is 2. The van der Waals surface area contributed by atoms with Crippen LogP contribution in [0.2, 0.25) is 0 Å². The van der Waals surface area contributed by atoms with Gasteiger partial charge in [0.15, 0.2) is 0 Å². The van der Waals surface area contributed by atoms with Crippen LogP contribution in [0.15, 0.2) is 0 Å². The molecule has 0 aromatic heterocycles. The second-order valence-electron chi connectivity index (χ2n) is 0.750. The molecule has 0 aromatic rings. The van der Waals surface area contributed by atoms with Crippen molar-refractivity contribution in [1.29, 1.82) is 0 Å². The summed E-state index contributed by atoms with van der Waals surface area (Å²) in [7, 11) is 0. The summed E-state index contributed by atoms with van der Waals surface area (Å²) in [5.41, 5.74) is 0. The Morgan fingerprint density at radius 2 is 0.529 bits per heavy atom. The van der Waals surface area contributed by atoms with Crippen molar-refractivity contribution in [2.75, 3.05) is 0 Å². The molecular weight excluding hydrogens is 348 g/mol. The van der Waals surface area contributed by atoms with Crippen LogP contribution < -0.4 is 30.6 Å². The third-order valence-electron chi connectivity index (χ3n) is 0. The van der Waals surface area contributed by atoms with Gasteiger partial charge in [-0.1, -0.05) is 0 Å². The first-order valence-electron chi connectivity index (χ1n) is 1.84. The topological polar surface area (TPSA) is 257 Å². The van der Waals surface area contributed by atoms with Gasteiger partial charge in [0, 0.05) is 0 Å². The molecule has 88 valence electrons. The molecule has 0 atom stereocenters. The van der Waals surface area contributed by atoms with E-state index in [1.54, 1.807) is 0 Å². The minimum absolute atomic E-state index is 0. The van der Waals surface area contributed by atoms with Crippen molar-refractivity contribution in [2.45, 2.75) is 0 Å². The molecule has 0 aliphatic carbocycles. The Hall–Kier alpha value is 0.146. The number of carboxylic acid groups (broad SMARTS) is 6. The minimum atomic E-state index is -2.33. The molecule has 0 rings (SSSR count). The predicted molar refractivity (Wildman–Crippen MR) is 38.3 cm³/mol. The van der Waals surface area contributed by atoms with E-state index in [1.807, 2.05) is 0 Å². The van der Waals surface area contributed by atoms with Crippen molar-refractivity contribution < 1.29 is 71.2 Å². The molecule has 0 saturated heterocycles. The normalized spacial score (nSPS) is 4.24. The molecule has 0 bridgehead atoms. The maximum atomic E-state index is 8.33. The van der Waals surface area contributed by atoms with Crippen LogP contribution in [0.25, 0.3) is 12.3 Å². The first-order chi connectivity index (χ1) is 5.20. The summed E-state index contributed by atoms with van der Waals surface area (Å²) in [5.74, 6) is 0. The van der Waals surface area contributed by atoms with Crippen LogP contribution in [0.1, 0.15) is 0 Å². The van der Waals surface area contributed by atoms with Crippen LogP contribution in [0, 0.1) is 0 Å². The summed E-state index contributed by atoms with van der Waals surface area (Å²) in [6.45, 7) is 0. The zero-order chi connectivity index (χ0) is 10.7. The van der Waals surface area contributed by atoms with Gasteiger partial charge in [-0.3, -0.25) is 0 Å². The number of carbonyl (C=O) groups excluding carboxylic acids is 3. The summed E-state index contributed by atoms with van der Waals surface area (Å²) in [6.07, 6.45) is -7.00. The molecular formula is C3H4Mg2N2O9Zr. The Kier molecular flexibility index (Phi) is 139. The van der Waals surface area contributed by atoms with E-state index < -0.39 is 18.5 Å². The number of hydrogen-bond acceptors (Lipinski definition) is 9. The van der Waals surface area contributed by atoms with Gasteiger partial charge in [0.05, 0.1) is 0 Å². The van der Waals surface area contributed by atoms with Crippen LogP contribution >= 0.6 is 0 Å². The molecule has 0 amide bonds. The van der Waals surface area contributed by atoms with Gasteiger partial charge in [-0.05, 0) is 18.5 Å². The van der Waals surface area contributed by atoms with E-state index in [0.717, 1.165) is 0 Å². The summed E-state index contributed by atoms with van der Waals surface area (Å²) in [6, 6.07) is 0. The Balaban J connectivity index is -0.0000000104. The molecule has 0 heterocycles. The van der Waals surface area contributed by atoms with Crippen molar-refractivity contribution in [3.8, 4) is 0 Å². The maximum absolute atomic E-state index is 8.33. The van der Waals surface area contributed by atoms with E-state index in [-0.39, 0.29) is 84.6 Å². The van der Waals surface area contributed by atoms with Crippen LogP contribution in [0.5, 0.6) is 0 Å². The summed E-state index contributed by atoms with van der Waals surface area (Å²) in [5, 5.41) is 50.0. The molecule has 0 fully saturated rings. The van der Waals surface area contributed by atoms with Crippen molar-refractivity contribution in [2.24, 2.45) is 0 Å². The zero-order valence-electron chi connectivity index (χ0n) is 8.24. The monoisotopic (exact) mass is 350 g/mol. The Morgan fingerprint density at radius 3 is 0.529 bits per heavy atom. The average molecular weight is 352 g/mol. The summed E-state index contributed by atoms with van der Waals surface area (Å²) >= 11 is 0. The van der Waals surface area contributed by atoms with Crippen LogP contribution in [-0.4, -0.2) is 64.6 Å². The minimum Gasteiger partial charge on any atom is -0.693 e. The second kappa shape index (κ2) is 44.3. The molecule has 0 radical (unpaired) electrons. The number of carbonyl (C=O) groups is 3. The predicted octanol–water partition coefficient (Wildman–Crippen LogP) is -6.67. The van der Waals surface area contributed by atoms with Crippen molar-refractivity contribution in [1.82, 2.24) is 0 Å². The first-order valence-corrected chi connectivity index (χ1v) is 1.84. The zero-order valence-corrected chi connectivity index (χ0v) is 13.5. The van der Waals surface area contributed by atoms with Crippen molar-refractivity contribution in [3.63, 3.8) is 0 Å². The Bertz CT molecular complexity index is 130. The number of rotatable bonds is 0. The molecule has 0 aliphatic rings. The van der Waals surface area contributed by atoms with Gasteiger partial charge < -0.3 is 57.3 Å². The van der Waals surface area contributed by atoms with Gasteiger partial charge in [0.2, 0.25) is 0 Å². The third-order valence-corrected chi connectivity index (χ3v) is 0. The van der Waals surface area contributed by atoms with Crippen LogP contribution in [0.3, 0.4) is 0 Å². The van der Waals surface area contributed by atoms with Crippen molar-refractivity contribution >= 4 is 64.6 Å². The molecule has 0 unspecified atom stereocenters. The van der Waals surface area contributed by atoms with Crippen LogP contribution in [-0.2, 0) is 26.2 Å². The first kappa shape index (κ1) is 53.4. The van der Waals surface area contributed by atoms with Crippen LogP contribution in [0.4, 0.5) is 14.4 Å². The average Bonchev–Trinajstić information content (AvgIpc) is 1.54. The van der Waals surface area contributed by atoms with Crippen molar-refractivity contribution in [3.05, 3.63) is 12.3 Å². The molecule has 14 heteroatoms. The molecule has 0 saturated carbocycles. The molecule has 11 nitrogen and oxygen atoms in total. The largest absolute Gasteiger partial charge is 4.00 e. The standard InChI is InChI=1S/3CH2O3.2Mg.2H2N.Zr/c3*2-1(3)4;;;;;/h3*(H2,2,3,4);;;2*1H2;/q;;;2*+2;2*-1;+4/p-6. The fourth-order valence-electron chi connectivity index (χ4n) is 0. The Morgan fingerprint density at radius 1 is 0.529 bits per heavy atom. The fraction of sp³-hybridized carbons (Fsp3) is 0. The fourth-order valence-corrected chi connectivity index (χ4v) is 0. The SMILES string of the molecule is O=C([O-])[O-].O=C([O-])[O-].O=C([O-])[O-].[Mg+2].[Mg+2].[NH2-].[NH2-].[Zr+4]. The Labute approximate surface area is 147 Å². The third kappa shape index (κ3) is 152000. The van der Waals surface area contributed by atoms with E-state index >= 15 is 0 Å². The molecule has 17 heavy (non-hydrogen) atoms. The van der Waals surface area contributed by atoms with E-state index in [4.69, 9.17) is 45.0 Å². The van der Waals surface area contributed by atoms with E-state index in [0.29, 0.717) is 0 Å². The molecule has 0 aromatic carbocycles. The van der Waals surface area contributed by atoms with Gasteiger partial charge in [0.1, 0.15) is 0 Å². The molecule has 0 spiro atoms. The van der Waals surface area contributed by atoms with E-state index in [2.05, 4.69) is 0 Å².